The molecule has 1 unspecified atom stereocenters. The quantitative estimate of drug-likeness (QED) is 0.780. The van der Waals surface area contributed by atoms with E-state index in [0.717, 1.165) is 24.2 Å². The SMILES string of the molecule is COC1(C)CCCN(C(=O)Cc2ccc(S(=O)(=O)Cl)s2)C1. The first-order valence-corrected chi connectivity index (χ1v) is 9.72. The zero-order valence-corrected chi connectivity index (χ0v) is 14.4. The molecule has 2 rings (SSSR count). The van der Waals surface area contributed by atoms with Gasteiger partial charge in [-0.2, -0.15) is 0 Å². The number of hydrogen-bond acceptors (Lipinski definition) is 5. The zero-order valence-electron chi connectivity index (χ0n) is 12.0. The minimum absolute atomic E-state index is 0.0154. The molecule has 1 fully saturated rings. The molecule has 21 heavy (non-hydrogen) atoms. The Morgan fingerprint density at radius 1 is 1.52 bits per heavy atom. The van der Waals surface area contributed by atoms with Crippen molar-refractivity contribution >= 4 is 37.0 Å². The Hall–Kier alpha value is -0.630. The molecule has 2 heterocycles. The van der Waals surface area contributed by atoms with Crippen LogP contribution in [0.2, 0.25) is 0 Å². The van der Waals surface area contributed by atoms with Crippen molar-refractivity contribution in [1.82, 2.24) is 4.90 Å². The number of rotatable bonds is 4. The van der Waals surface area contributed by atoms with Crippen molar-refractivity contribution in [3.8, 4) is 0 Å². The van der Waals surface area contributed by atoms with Crippen LogP contribution in [0.4, 0.5) is 0 Å². The summed E-state index contributed by atoms with van der Waals surface area (Å²) in [4.78, 5) is 14.8. The molecule has 1 aliphatic heterocycles. The van der Waals surface area contributed by atoms with Crippen molar-refractivity contribution < 1.29 is 17.9 Å². The average Bonchev–Trinajstić information content (AvgIpc) is 2.87. The highest BCUT2D eigenvalue weighted by Gasteiger charge is 2.33. The number of carbonyl (C=O) groups excluding carboxylic acids is 1. The van der Waals surface area contributed by atoms with Crippen LogP contribution < -0.4 is 0 Å². The van der Waals surface area contributed by atoms with E-state index in [2.05, 4.69) is 0 Å². The summed E-state index contributed by atoms with van der Waals surface area (Å²) < 4.78 is 28.0. The van der Waals surface area contributed by atoms with Crippen molar-refractivity contribution in [2.75, 3.05) is 20.2 Å². The van der Waals surface area contributed by atoms with Crippen LogP contribution in [0.15, 0.2) is 16.3 Å². The van der Waals surface area contributed by atoms with E-state index in [4.69, 9.17) is 15.4 Å². The fourth-order valence-corrected chi connectivity index (χ4v) is 4.54. The molecule has 1 amide bonds. The molecule has 0 saturated carbocycles. The Balaban J connectivity index is 2.03. The Bertz CT molecular complexity index is 628. The minimum Gasteiger partial charge on any atom is -0.377 e. The van der Waals surface area contributed by atoms with Gasteiger partial charge in [-0.25, -0.2) is 8.42 Å². The third kappa shape index (κ3) is 4.18. The Labute approximate surface area is 133 Å². The summed E-state index contributed by atoms with van der Waals surface area (Å²) in [5.74, 6) is -0.0154. The number of thiophene rings is 1. The van der Waals surface area contributed by atoms with E-state index >= 15 is 0 Å². The summed E-state index contributed by atoms with van der Waals surface area (Å²) in [6, 6.07) is 3.07. The molecule has 0 aliphatic carbocycles. The fraction of sp³-hybridized carbons (Fsp3) is 0.615. The minimum atomic E-state index is -3.72. The van der Waals surface area contributed by atoms with Crippen LogP contribution in [0.5, 0.6) is 0 Å². The van der Waals surface area contributed by atoms with Crippen LogP contribution >= 0.6 is 22.0 Å². The van der Waals surface area contributed by atoms with Crippen molar-refractivity contribution in [2.45, 2.75) is 36.0 Å². The summed E-state index contributed by atoms with van der Waals surface area (Å²) in [6.45, 7) is 3.27. The topological polar surface area (TPSA) is 63.7 Å². The molecular weight excluding hydrogens is 334 g/mol. The van der Waals surface area contributed by atoms with E-state index < -0.39 is 9.05 Å². The van der Waals surface area contributed by atoms with Crippen LogP contribution in [-0.4, -0.2) is 45.0 Å². The maximum atomic E-state index is 12.3. The number of amides is 1. The molecule has 0 aromatic carbocycles. The number of methoxy groups -OCH3 is 1. The highest BCUT2D eigenvalue weighted by molar-refractivity contribution is 8.15. The number of carbonyl (C=O) groups is 1. The second-order valence-corrected chi connectivity index (χ2v) is 9.37. The van der Waals surface area contributed by atoms with E-state index in [1.165, 1.54) is 6.07 Å². The summed E-state index contributed by atoms with van der Waals surface area (Å²) in [5.41, 5.74) is -0.298. The van der Waals surface area contributed by atoms with Gasteiger partial charge in [-0.05, 0) is 31.9 Å². The van der Waals surface area contributed by atoms with Gasteiger partial charge in [0, 0.05) is 35.8 Å². The monoisotopic (exact) mass is 351 g/mol. The summed E-state index contributed by atoms with van der Waals surface area (Å²) in [6.07, 6.45) is 2.03. The summed E-state index contributed by atoms with van der Waals surface area (Å²) in [5, 5.41) is 0. The molecule has 1 aromatic rings. The zero-order chi connectivity index (χ0) is 15.7. The van der Waals surface area contributed by atoms with E-state index in [-0.39, 0.29) is 22.1 Å². The van der Waals surface area contributed by atoms with Crippen LogP contribution in [0, 0.1) is 0 Å². The van der Waals surface area contributed by atoms with E-state index in [1.54, 1.807) is 18.1 Å². The van der Waals surface area contributed by atoms with Gasteiger partial charge in [0.15, 0.2) is 0 Å². The van der Waals surface area contributed by atoms with Gasteiger partial charge in [0.25, 0.3) is 9.05 Å². The van der Waals surface area contributed by atoms with Crippen molar-refractivity contribution in [2.24, 2.45) is 0 Å². The number of piperidine rings is 1. The number of ether oxygens (including phenoxy) is 1. The van der Waals surface area contributed by atoms with Crippen LogP contribution in [-0.2, 0) is 25.0 Å². The van der Waals surface area contributed by atoms with Gasteiger partial charge >= 0.3 is 0 Å². The standard InChI is InChI=1S/C13H18ClNO4S2/c1-13(19-2)6-3-7-15(9-13)11(16)8-10-4-5-12(20-10)21(14,17)18/h4-5H,3,6-9H2,1-2H3. The maximum Gasteiger partial charge on any atom is 0.270 e. The molecule has 5 nitrogen and oxygen atoms in total. The molecule has 1 atom stereocenters. The van der Waals surface area contributed by atoms with Gasteiger partial charge in [-0.1, -0.05) is 0 Å². The highest BCUT2D eigenvalue weighted by atomic mass is 35.7. The summed E-state index contributed by atoms with van der Waals surface area (Å²) in [7, 11) is 3.22. The molecule has 0 bridgehead atoms. The average molecular weight is 352 g/mol. The van der Waals surface area contributed by atoms with E-state index in [0.29, 0.717) is 18.0 Å². The predicted octanol–water partition coefficient (Wildman–Crippen LogP) is 2.25. The third-order valence-electron chi connectivity index (χ3n) is 3.71. The van der Waals surface area contributed by atoms with Crippen LogP contribution in [0.25, 0.3) is 0 Å². The first-order chi connectivity index (χ1) is 9.73. The predicted molar refractivity (Wildman–Crippen MR) is 82.3 cm³/mol. The smallest absolute Gasteiger partial charge is 0.270 e. The van der Waals surface area contributed by atoms with Gasteiger partial charge in [0.1, 0.15) is 4.21 Å². The molecule has 0 N–H and O–H groups in total. The number of hydrogen-bond donors (Lipinski definition) is 0. The largest absolute Gasteiger partial charge is 0.377 e. The van der Waals surface area contributed by atoms with Crippen molar-refractivity contribution in [3.05, 3.63) is 17.0 Å². The van der Waals surface area contributed by atoms with Gasteiger partial charge in [-0.3, -0.25) is 4.79 Å². The lowest BCUT2D eigenvalue weighted by Gasteiger charge is -2.39. The van der Waals surface area contributed by atoms with Gasteiger partial charge in [0.05, 0.1) is 12.0 Å². The number of halogens is 1. The Morgan fingerprint density at radius 3 is 2.81 bits per heavy atom. The lowest BCUT2D eigenvalue weighted by Crippen LogP contribution is -2.50. The van der Waals surface area contributed by atoms with Crippen molar-refractivity contribution in [3.63, 3.8) is 0 Å². The Kier molecular flexibility index (Phi) is 4.97. The van der Waals surface area contributed by atoms with E-state index in [1.807, 2.05) is 6.92 Å². The molecule has 0 spiro atoms. The van der Waals surface area contributed by atoms with E-state index in [9.17, 15) is 13.2 Å². The maximum absolute atomic E-state index is 12.3. The molecule has 8 heteroatoms. The molecule has 1 saturated heterocycles. The molecule has 1 aliphatic rings. The van der Waals surface area contributed by atoms with Gasteiger partial charge in [-0.15, -0.1) is 11.3 Å². The number of likely N-dealkylation sites (tertiary alicyclic amines) is 1. The van der Waals surface area contributed by atoms with Crippen molar-refractivity contribution in [1.29, 1.82) is 0 Å². The second-order valence-electron chi connectivity index (χ2n) is 5.41. The fourth-order valence-electron chi connectivity index (χ4n) is 2.43. The second kappa shape index (κ2) is 6.24. The Morgan fingerprint density at radius 2 is 2.24 bits per heavy atom. The first kappa shape index (κ1) is 16.7. The first-order valence-electron chi connectivity index (χ1n) is 6.60. The third-order valence-corrected chi connectivity index (χ3v) is 6.89. The van der Waals surface area contributed by atoms with Crippen LogP contribution in [0.1, 0.15) is 24.6 Å². The highest BCUT2D eigenvalue weighted by Crippen LogP contribution is 2.27. The normalized spacial score (nSPS) is 23.3. The molecule has 1 aromatic heterocycles. The van der Waals surface area contributed by atoms with Gasteiger partial charge < -0.3 is 9.64 Å². The lowest BCUT2D eigenvalue weighted by molar-refractivity contribution is -0.138. The van der Waals surface area contributed by atoms with Crippen LogP contribution in [0.3, 0.4) is 0 Å². The number of nitrogens with zero attached hydrogens (tertiary/aromatic N) is 1. The van der Waals surface area contributed by atoms with Gasteiger partial charge in [0.2, 0.25) is 5.91 Å². The summed E-state index contributed by atoms with van der Waals surface area (Å²) >= 11 is 1.04. The molecule has 0 radical (unpaired) electrons. The molecular formula is C13H18ClNO4S2. The molecule has 118 valence electrons. The lowest BCUT2D eigenvalue weighted by atomic mass is 9.94.